The Morgan fingerprint density at radius 2 is 2.11 bits per heavy atom. The zero-order valence-corrected chi connectivity index (χ0v) is 25.9. The Labute approximate surface area is 252 Å². The number of halogens is 1. The van der Waals surface area contributed by atoms with E-state index in [4.69, 9.17) is 5.73 Å². The number of pyridine rings is 1. The van der Waals surface area contributed by atoms with Crippen LogP contribution in [-0.2, 0) is 52.0 Å². The van der Waals surface area contributed by atoms with Crippen molar-refractivity contribution < 1.29 is 37.1 Å². The van der Waals surface area contributed by atoms with Gasteiger partial charge in [-0.2, -0.15) is 0 Å². The average Bonchev–Trinajstić information content (AvgIpc) is 3.20. The Morgan fingerprint density at radius 3 is 2.74 bits per heavy atom. The number of aryl methyl sites for hydroxylation is 1. The van der Waals surface area contributed by atoms with E-state index < -0.39 is 0 Å². The summed E-state index contributed by atoms with van der Waals surface area (Å²) >= 11 is 0. The molecule has 4 rings (SSSR count). The summed E-state index contributed by atoms with van der Waals surface area (Å²) in [5, 5.41) is 3.36. The minimum Gasteiger partial charge on any atom is -0.696 e. The number of likely N-dealkylation sites (tertiary alicyclic amines) is 1. The maximum absolute atomic E-state index is 14.4. The zero-order valence-electron chi connectivity index (χ0n) is 23.0. The van der Waals surface area contributed by atoms with Crippen LogP contribution in [0.4, 0.5) is 21.5 Å². The molecule has 199 valence electrons. The molecule has 1 atom stereocenters. The topological polar surface area (TPSA) is 67.8 Å². The van der Waals surface area contributed by atoms with E-state index >= 15 is 0 Å². The van der Waals surface area contributed by atoms with Crippen molar-refractivity contribution in [3.63, 3.8) is 0 Å². The van der Waals surface area contributed by atoms with E-state index in [2.05, 4.69) is 45.5 Å². The first-order valence-corrected chi connectivity index (χ1v) is 13.1. The van der Waals surface area contributed by atoms with Crippen molar-refractivity contribution in [3.05, 3.63) is 84.2 Å². The smallest absolute Gasteiger partial charge is 0.128 e. The molecular weight excluding hydrogens is 550 g/mol. The van der Waals surface area contributed by atoms with Gasteiger partial charge >= 0.3 is 0 Å². The van der Waals surface area contributed by atoms with Gasteiger partial charge in [0, 0.05) is 80.2 Å². The van der Waals surface area contributed by atoms with Gasteiger partial charge in [0.25, 0.3) is 0 Å². The van der Waals surface area contributed by atoms with Gasteiger partial charge in [0.2, 0.25) is 0 Å². The molecule has 0 bridgehead atoms. The first-order valence-electron chi connectivity index (χ1n) is 13.1. The van der Waals surface area contributed by atoms with Gasteiger partial charge < -0.3 is 27.9 Å². The number of H-pyrrole nitrogens is 1. The molecule has 2 aromatic heterocycles. The van der Waals surface area contributed by atoms with E-state index in [1.54, 1.807) is 12.3 Å². The number of aromatic nitrogens is 2. The molecule has 1 aromatic carbocycles. The van der Waals surface area contributed by atoms with Gasteiger partial charge in [-0.25, -0.2) is 4.39 Å². The molecule has 0 spiro atoms. The molecule has 3 heterocycles. The van der Waals surface area contributed by atoms with Gasteiger partial charge in [0.05, 0.1) is 11.4 Å². The molecule has 38 heavy (non-hydrogen) atoms. The molecule has 0 saturated carbocycles. The molecule has 7 heteroatoms. The molecule has 1 fully saturated rings. The second kappa shape index (κ2) is 15.1. The van der Waals surface area contributed by atoms with Crippen molar-refractivity contribution >= 4 is 17.1 Å². The number of nitrogens with zero attached hydrogens (tertiary/aromatic N) is 2. The Balaban J connectivity index is 0.00000165. The van der Waals surface area contributed by atoms with Gasteiger partial charge in [0.1, 0.15) is 5.82 Å². The number of anilines is 2. The third-order valence-electron chi connectivity index (χ3n) is 6.74. The Kier molecular flexibility index (Phi) is 12.6. The summed E-state index contributed by atoms with van der Waals surface area (Å²) in [5.41, 5.74) is 15.5. The molecule has 0 amide bonds. The number of nitrogens with one attached hydrogen (secondary N) is 3. The first-order chi connectivity index (χ1) is 18.0. The van der Waals surface area contributed by atoms with E-state index in [0.29, 0.717) is 41.5 Å². The van der Waals surface area contributed by atoms with Crippen LogP contribution in [0, 0.1) is 24.6 Å². The molecule has 1 unspecified atom stereocenters. The monoisotopic (exact) mass is 588 g/mol. The normalized spacial score (nSPS) is 13.7. The predicted molar refractivity (Wildman–Crippen MR) is 153 cm³/mol. The summed E-state index contributed by atoms with van der Waals surface area (Å²) in [7, 11) is 0. The summed E-state index contributed by atoms with van der Waals surface area (Å²) in [4.78, 5) is 10.1. The van der Waals surface area contributed by atoms with Gasteiger partial charge in [-0.15, -0.1) is 6.42 Å². The van der Waals surface area contributed by atoms with Crippen LogP contribution in [0.25, 0.3) is 17.0 Å². The van der Waals surface area contributed by atoms with Crippen molar-refractivity contribution in [2.45, 2.75) is 65.8 Å². The van der Waals surface area contributed by atoms with E-state index in [9.17, 15) is 4.39 Å². The van der Waals surface area contributed by atoms with E-state index in [1.165, 1.54) is 6.07 Å². The quantitative estimate of drug-likeness (QED) is 0.196. The van der Waals surface area contributed by atoms with Crippen molar-refractivity contribution in [2.24, 2.45) is 0 Å². The molecule has 1 aliphatic rings. The second-order valence-electron chi connectivity index (χ2n) is 8.75. The minimum atomic E-state index is -0.248. The summed E-state index contributed by atoms with van der Waals surface area (Å²) in [6.45, 7) is 16.8. The van der Waals surface area contributed by atoms with Crippen LogP contribution in [0.5, 0.6) is 0 Å². The van der Waals surface area contributed by atoms with Crippen LogP contribution in [0.2, 0.25) is 0 Å². The zero-order chi connectivity index (χ0) is 26.9. The second-order valence-corrected chi connectivity index (χ2v) is 8.75. The molecule has 1 aliphatic heterocycles. The number of rotatable bonds is 9. The van der Waals surface area contributed by atoms with Gasteiger partial charge in [-0.1, -0.05) is 50.9 Å². The largest absolute Gasteiger partial charge is 0.696 e. The van der Waals surface area contributed by atoms with Crippen LogP contribution < -0.4 is 5.32 Å². The van der Waals surface area contributed by atoms with Gasteiger partial charge in [0.15, 0.2) is 0 Å². The third-order valence-corrected chi connectivity index (χ3v) is 6.74. The molecule has 3 N–H and O–H groups in total. The fraction of sp³-hybridized carbons (Fsp3) is 0.355. The molecule has 3 aromatic rings. The fourth-order valence-electron chi connectivity index (χ4n) is 4.74. The number of aromatic amines is 1. The average molecular weight is 589 g/mol. The van der Waals surface area contributed by atoms with Crippen LogP contribution in [0.3, 0.4) is 0 Å². The molecule has 1 radical (unpaired) electrons. The molecule has 0 aliphatic carbocycles. The van der Waals surface area contributed by atoms with E-state index in [1.807, 2.05) is 46.0 Å². The standard InChI is InChI=1S/C29H32FN5.C2H6.Y/c1-5-9-19(4)35-17-15-21(35)13-12-20-18-32-16-14-23(20)28-29(27(31)25(7-3)33-28)34-26-11-8-10-24(30)22(26)6-2;1-2;/h8,10-11,14,16,18,21,31,33-34H,3-4,6-7,12-13,15,17H2,1-2H3;1-2H3;/q-2;;. The molecule has 5 nitrogen and oxygen atoms in total. The van der Waals surface area contributed by atoms with E-state index in [-0.39, 0.29) is 38.5 Å². The predicted octanol–water partition coefficient (Wildman–Crippen LogP) is 8.15. The minimum absolute atomic E-state index is 0. The van der Waals surface area contributed by atoms with Crippen molar-refractivity contribution in [3.8, 4) is 23.1 Å². The van der Waals surface area contributed by atoms with Crippen molar-refractivity contribution in [2.75, 3.05) is 11.9 Å². The summed E-state index contributed by atoms with van der Waals surface area (Å²) in [5.74, 6) is 5.76. The van der Waals surface area contributed by atoms with Crippen LogP contribution >= 0.6 is 0 Å². The van der Waals surface area contributed by atoms with E-state index in [0.717, 1.165) is 54.0 Å². The maximum Gasteiger partial charge on any atom is 0.128 e. The van der Waals surface area contributed by atoms with Gasteiger partial charge in [-0.05, 0) is 62.1 Å². The molecular formula is C31H38FN5Y-2. The number of hydrogen-bond acceptors (Lipinski definition) is 3. The summed E-state index contributed by atoms with van der Waals surface area (Å²) in [6, 6.07) is 7.40. The van der Waals surface area contributed by atoms with Crippen molar-refractivity contribution in [1.29, 1.82) is 0 Å². The third kappa shape index (κ3) is 6.87. The maximum atomic E-state index is 14.4. The van der Waals surface area contributed by atoms with Crippen LogP contribution in [-0.4, -0.2) is 27.5 Å². The number of benzene rings is 1. The van der Waals surface area contributed by atoms with Crippen LogP contribution in [0.1, 0.15) is 57.4 Å². The fourth-order valence-corrected chi connectivity index (χ4v) is 4.74. The summed E-state index contributed by atoms with van der Waals surface area (Å²) < 4.78 is 14.4. The number of hydrogen-bond donors (Lipinski definition) is 2. The summed E-state index contributed by atoms with van der Waals surface area (Å²) in [6.07, 6.45) is 7.60. The molecule has 1 saturated heterocycles. The first kappa shape index (κ1) is 31.6. The Bertz CT molecular complexity index is 1290. The van der Waals surface area contributed by atoms with Gasteiger partial charge in [-0.3, -0.25) is 4.98 Å². The number of allylic oxidation sites excluding steroid dienone is 1. The Morgan fingerprint density at radius 1 is 1.34 bits per heavy atom. The van der Waals surface area contributed by atoms with Crippen LogP contribution in [0.15, 0.2) is 48.9 Å². The van der Waals surface area contributed by atoms with Crippen molar-refractivity contribution in [1.82, 2.24) is 14.9 Å². The SMILES string of the molecule is C=C(C#CC)N1CCC1CCc1cnccc1-c1[nH]c(C[CH2-])c([NH-])c1Nc1cccc(F)c1CC.CC.[Y]. The Hall–Kier alpha value is -2.62.